The maximum atomic E-state index is 5.63. The van der Waals surface area contributed by atoms with E-state index in [4.69, 9.17) is 16.3 Å². The van der Waals surface area contributed by atoms with Crippen molar-refractivity contribution < 1.29 is 4.74 Å². The van der Waals surface area contributed by atoms with Crippen molar-refractivity contribution >= 4 is 17.3 Å². The van der Waals surface area contributed by atoms with Crippen LogP contribution in [0.4, 0.5) is 5.69 Å². The number of benzene rings is 1. The molecule has 0 amide bonds. The van der Waals surface area contributed by atoms with Gasteiger partial charge in [0.25, 0.3) is 0 Å². The Labute approximate surface area is 89.5 Å². The highest BCUT2D eigenvalue weighted by Crippen LogP contribution is 2.15. The largest absolute Gasteiger partial charge is 0.494 e. The zero-order chi connectivity index (χ0) is 10.4. The molecule has 1 rings (SSSR count). The van der Waals surface area contributed by atoms with E-state index in [2.05, 4.69) is 11.9 Å². The van der Waals surface area contributed by atoms with E-state index in [9.17, 15) is 0 Å². The van der Waals surface area contributed by atoms with Crippen molar-refractivity contribution in [2.45, 2.75) is 6.92 Å². The lowest BCUT2D eigenvalue weighted by atomic mass is 10.3. The predicted molar refractivity (Wildman–Crippen MR) is 61.1 cm³/mol. The Bertz CT molecular complexity index is 295. The third-order valence-electron chi connectivity index (χ3n) is 1.65. The first-order valence-corrected chi connectivity index (χ1v) is 4.90. The van der Waals surface area contributed by atoms with Gasteiger partial charge in [-0.05, 0) is 31.2 Å². The lowest BCUT2D eigenvalue weighted by Crippen LogP contribution is -2.00. The Morgan fingerprint density at radius 3 is 2.57 bits per heavy atom. The molecule has 3 heteroatoms. The molecule has 14 heavy (non-hydrogen) atoms. The smallest absolute Gasteiger partial charge is 0.119 e. The molecule has 0 bridgehead atoms. The summed E-state index contributed by atoms with van der Waals surface area (Å²) in [6, 6.07) is 7.74. The second-order valence-corrected chi connectivity index (χ2v) is 3.36. The van der Waals surface area contributed by atoms with Gasteiger partial charge in [0.05, 0.1) is 13.2 Å². The maximum Gasteiger partial charge on any atom is 0.119 e. The zero-order valence-electron chi connectivity index (χ0n) is 8.22. The average Bonchev–Trinajstić information content (AvgIpc) is 2.17. The quantitative estimate of drug-likeness (QED) is 0.808. The van der Waals surface area contributed by atoms with Crippen molar-refractivity contribution in [1.82, 2.24) is 0 Å². The Kier molecular flexibility index (Phi) is 4.33. The number of rotatable bonds is 5. The molecule has 0 fully saturated rings. The Morgan fingerprint density at radius 1 is 1.43 bits per heavy atom. The zero-order valence-corrected chi connectivity index (χ0v) is 8.97. The summed E-state index contributed by atoms with van der Waals surface area (Å²) in [5.74, 6) is 0.878. The molecule has 1 aromatic rings. The van der Waals surface area contributed by atoms with Crippen LogP contribution in [0.5, 0.6) is 5.75 Å². The van der Waals surface area contributed by atoms with Gasteiger partial charge in [0.15, 0.2) is 0 Å². The summed E-state index contributed by atoms with van der Waals surface area (Å²) in [4.78, 5) is 0. The highest BCUT2D eigenvalue weighted by atomic mass is 35.5. The second kappa shape index (κ2) is 5.55. The normalized spacial score (nSPS) is 9.57. The number of anilines is 1. The van der Waals surface area contributed by atoms with Crippen LogP contribution in [0.2, 0.25) is 0 Å². The predicted octanol–water partition coefficient (Wildman–Crippen LogP) is 3.25. The van der Waals surface area contributed by atoms with Crippen molar-refractivity contribution in [2.75, 3.05) is 18.5 Å². The molecule has 0 unspecified atom stereocenters. The third-order valence-corrected chi connectivity index (χ3v) is 1.78. The van der Waals surface area contributed by atoms with E-state index in [-0.39, 0.29) is 0 Å². The van der Waals surface area contributed by atoms with Crippen LogP contribution in [0, 0.1) is 0 Å². The van der Waals surface area contributed by atoms with E-state index in [0.29, 0.717) is 18.2 Å². The molecule has 2 nitrogen and oxygen atoms in total. The molecule has 0 heterocycles. The molecular weight excluding hydrogens is 198 g/mol. The monoisotopic (exact) mass is 211 g/mol. The highest BCUT2D eigenvalue weighted by molar-refractivity contribution is 6.29. The lowest BCUT2D eigenvalue weighted by Gasteiger charge is -2.06. The van der Waals surface area contributed by atoms with E-state index < -0.39 is 0 Å². The van der Waals surface area contributed by atoms with Gasteiger partial charge >= 0.3 is 0 Å². The Hall–Kier alpha value is -1.15. The highest BCUT2D eigenvalue weighted by Gasteiger charge is 1.94. The SMILES string of the molecule is C=C(Cl)CNc1ccc(OCC)cc1. The molecule has 0 saturated heterocycles. The molecule has 0 atom stereocenters. The number of ether oxygens (including phenoxy) is 1. The van der Waals surface area contributed by atoms with Crippen LogP contribution in [0.3, 0.4) is 0 Å². The molecule has 0 aliphatic heterocycles. The Balaban J connectivity index is 2.50. The van der Waals surface area contributed by atoms with E-state index >= 15 is 0 Å². The minimum Gasteiger partial charge on any atom is -0.494 e. The topological polar surface area (TPSA) is 21.3 Å². The fourth-order valence-electron chi connectivity index (χ4n) is 1.03. The summed E-state index contributed by atoms with van der Waals surface area (Å²) in [5.41, 5.74) is 1.01. The molecule has 76 valence electrons. The molecule has 0 saturated carbocycles. The van der Waals surface area contributed by atoms with Gasteiger partial charge in [-0.3, -0.25) is 0 Å². The average molecular weight is 212 g/mol. The van der Waals surface area contributed by atoms with Crippen molar-refractivity contribution in [2.24, 2.45) is 0 Å². The van der Waals surface area contributed by atoms with Crippen LogP contribution in [-0.4, -0.2) is 13.2 Å². The molecule has 1 aromatic carbocycles. The fraction of sp³-hybridized carbons (Fsp3) is 0.273. The van der Waals surface area contributed by atoms with Crippen LogP contribution < -0.4 is 10.1 Å². The van der Waals surface area contributed by atoms with Crippen molar-refractivity contribution in [1.29, 1.82) is 0 Å². The molecule has 0 radical (unpaired) electrons. The van der Waals surface area contributed by atoms with Gasteiger partial charge in [0.1, 0.15) is 5.75 Å². The van der Waals surface area contributed by atoms with Crippen LogP contribution >= 0.6 is 11.6 Å². The molecule has 0 aliphatic carbocycles. The summed E-state index contributed by atoms with van der Waals surface area (Å²) in [6.07, 6.45) is 0. The van der Waals surface area contributed by atoms with Crippen molar-refractivity contribution in [3.05, 3.63) is 35.9 Å². The summed E-state index contributed by atoms with van der Waals surface area (Å²) in [7, 11) is 0. The fourth-order valence-corrected chi connectivity index (χ4v) is 1.10. The van der Waals surface area contributed by atoms with Gasteiger partial charge in [0.2, 0.25) is 0 Å². The van der Waals surface area contributed by atoms with Crippen molar-refractivity contribution in [3.63, 3.8) is 0 Å². The van der Waals surface area contributed by atoms with Crippen LogP contribution in [-0.2, 0) is 0 Å². The summed E-state index contributed by atoms with van der Waals surface area (Å²) >= 11 is 5.63. The lowest BCUT2D eigenvalue weighted by molar-refractivity contribution is 0.340. The number of halogens is 1. The minimum atomic E-state index is 0.579. The van der Waals surface area contributed by atoms with Gasteiger partial charge in [-0.1, -0.05) is 18.2 Å². The Morgan fingerprint density at radius 2 is 2.07 bits per heavy atom. The van der Waals surface area contributed by atoms with Gasteiger partial charge in [-0.15, -0.1) is 0 Å². The van der Waals surface area contributed by atoms with E-state index in [1.165, 1.54) is 0 Å². The van der Waals surface area contributed by atoms with E-state index in [0.717, 1.165) is 11.4 Å². The standard InChI is InChI=1S/C11H14ClNO/c1-3-14-11-6-4-10(5-7-11)13-8-9(2)12/h4-7,13H,2-3,8H2,1H3. The van der Waals surface area contributed by atoms with Gasteiger partial charge in [-0.2, -0.15) is 0 Å². The first-order valence-electron chi connectivity index (χ1n) is 4.52. The number of hydrogen-bond donors (Lipinski definition) is 1. The molecule has 0 aromatic heterocycles. The maximum absolute atomic E-state index is 5.63. The van der Waals surface area contributed by atoms with Crippen LogP contribution in [0.1, 0.15) is 6.92 Å². The van der Waals surface area contributed by atoms with Crippen LogP contribution in [0.25, 0.3) is 0 Å². The second-order valence-electron chi connectivity index (χ2n) is 2.83. The van der Waals surface area contributed by atoms with Gasteiger partial charge in [-0.25, -0.2) is 0 Å². The molecule has 0 aliphatic rings. The first-order chi connectivity index (χ1) is 6.72. The molecule has 1 N–H and O–H groups in total. The van der Waals surface area contributed by atoms with Crippen LogP contribution in [0.15, 0.2) is 35.9 Å². The summed E-state index contributed by atoms with van der Waals surface area (Å²) < 4.78 is 5.32. The number of hydrogen-bond acceptors (Lipinski definition) is 2. The summed E-state index contributed by atoms with van der Waals surface area (Å²) in [6.45, 7) is 6.82. The van der Waals surface area contributed by atoms with Gasteiger partial charge in [0, 0.05) is 10.7 Å². The van der Waals surface area contributed by atoms with Crippen molar-refractivity contribution in [3.8, 4) is 5.75 Å². The summed E-state index contributed by atoms with van der Waals surface area (Å²) in [5, 5.41) is 3.72. The first kappa shape index (κ1) is 10.9. The third kappa shape index (κ3) is 3.71. The molecule has 0 spiro atoms. The minimum absolute atomic E-state index is 0.579. The number of nitrogens with one attached hydrogen (secondary N) is 1. The van der Waals surface area contributed by atoms with E-state index in [1.807, 2.05) is 31.2 Å². The molecular formula is C11H14ClNO. The van der Waals surface area contributed by atoms with Gasteiger partial charge < -0.3 is 10.1 Å². The van der Waals surface area contributed by atoms with E-state index in [1.54, 1.807) is 0 Å².